The highest BCUT2D eigenvalue weighted by Gasteiger charge is 2.22. The van der Waals surface area contributed by atoms with Crippen LogP contribution in [0.5, 0.6) is 0 Å². The average molecular weight is 333 g/mol. The van der Waals surface area contributed by atoms with Gasteiger partial charge in [0.05, 0.1) is 18.7 Å². The molecule has 2 N–H and O–H groups in total. The van der Waals surface area contributed by atoms with Gasteiger partial charge >= 0.3 is 12.0 Å². The molecule has 122 valence electrons. The van der Waals surface area contributed by atoms with Crippen molar-refractivity contribution in [3.8, 4) is 0 Å². The molecule has 0 aliphatic carbocycles. The van der Waals surface area contributed by atoms with Crippen LogP contribution in [-0.4, -0.2) is 30.6 Å². The fourth-order valence-electron chi connectivity index (χ4n) is 2.03. The van der Waals surface area contributed by atoms with Crippen molar-refractivity contribution in [1.82, 2.24) is 10.3 Å². The third kappa shape index (κ3) is 4.53. The molecule has 2 amide bonds. The Bertz CT molecular complexity index is 666. The predicted molar refractivity (Wildman–Crippen MR) is 89.8 cm³/mol. The van der Waals surface area contributed by atoms with Crippen LogP contribution in [0, 0.1) is 13.8 Å². The van der Waals surface area contributed by atoms with Crippen molar-refractivity contribution in [2.75, 3.05) is 19.0 Å². The van der Waals surface area contributed by atoms with Gasteiger partial charge in [-0.1, -0.05) is 30.3 Å². The van der Waals surface area contributed by atoms with Gasteiger partial charge in [0.15, 0.2) is 5.13 Å². The third-order valence-corrected chi connectivity index (χ3v) is 4.39. The van der Waals surface area contributed by atoms with Crippen molar-refractivity contribution in [3.63, 3.8) is 0 Å². The summed E-state index contributed by atoms with van der Waals surface area (Å²) in [5.74, 6) is -0.941. The fourth-order valence-corrected chi connectivity index (χ4v) is 2.84. The number of nitrogens with zero attached hydrogens (tertiary/aromatic N) is 1. The van der Waals surface area contributed by atoms with Gasteiger partial charge in [-0.2, -0.15) is 0 Å². The monoisotopic (exact) mass is 333 g/mol. The molecule has 23 heavy (non-hydrogen) atoms. The first-order valence-electron chi connectivity index (χ1n) is 7.13. The first-order valence-corrected chi connectivity index (χ1v) is 7.94. The summed E-state index contributed by atoms with van der Waals surface area (Å²) in [6.45, 7) is 3.97. The molecule has 0 aliphatic rings. The number of esters is 1. The summed E-state index contributed by atoms with van der Waals surface area (Å²) >= 11 is 1.41. The van der Waals surface area contributed by atoms with Crippen LogP contribution in [0.1, 0.15) is 22.1 Å². The van der Waals surface area contributed by atoms with E-state index in [-0.39, 0.29) is 6.54 Å². The number of urea groups is 1. The van der Waals surface area contributed by atoms with E-state index in [4.69, 9.17) is 4.74 Å². The fraction of sp³-hybridized carbons (Fsp3) is 0.312. The van der Waals surface area contributed by atoms with Crippen molar-refractivity contribution in [1.29, 1.82) is 0 Å². The Hall–Kier alpha value is -2.41. The Morgan fingerprint density at radius 2 is 1.96 bits per heavy atom. The summed E-state index contributed by atoms with van der Waals surface area (Å²) in [7, 11) is 1.33. The number of aryl methyl sites for hydroxylation is 2. The van der Waals surface area contributed by atoms with Crippen molar-refractivity contribution in [2.24, 2.45) is 0 Å². The molecule has 0 spiro atoms. The number of hydrogen-bond acceptors (Lipinski definition) is 5. The smallest absolute Gasteiger partial charge is 0.321 e. The van der Waals surface area contributed by atoms with E-state index in [2.05, 4.69) is 15.6 Å². The number of anilines is 1. The van der Waals surface area contributed by atoms with Crippen molar-refractivity contribution in [3.05, 3.63) is 46.5 Å². The zero-order valence-corrected chi connectivity index (χ0v) is 14.1. The van der Waals surface area contributed by atoms with E-state index in [1.54, 1.807) is 0 Å². The Balaban J connectivity index is 1.98. The minimum atomic E-state index is -0.549. The lowest BCUT2D eigenvalue weighted by Crippen LogP contribution is -2.35. The van der Waals surface area contributed by atoms with E-state index in [1.165, 1.54) is 18.4 Å². The van der Waals surface area contributed by atoms with E-state index in [0.717, 1.165) is 16.1 Å². The Kier molecular flexibility index (Phi) is 5.70. The number of rotatable bonds is 5. The summed E-state index contributed by atoms with van der Waals surface area (Å²) in [6.07, 6.45) is 0. The van der Waals surface area contributed by atoms with E-state index < -0.39 is 17.9 Å². The highest BCUT2D eigenvalue weighted by atomic mass is 32.1. The molecule has 0 saturated carbocycles. The number of aromatic nitrogens is 1. The van der Waals surface area contributed by atoms with Crippen LogP contribution in [0.25, 0.3) is 0 Å². The summed E-state index contributed by atoms with van der Waals surface area (Å²) in [6, 6.07) is 8.80. The molecule has 6 nitrogen and oxygen atoms in total. The zero-order chi connectivity index (χ0) is 16.8. The third-order valence-electron chi connectivity index (χ3n) is 3.40. The van der Waals surface area contributed by atoms with Crippen LogP contribution in [0.3, 0.4) is 0 Å². The summed E-state index contributed by atoms with van der Waals surface area (Å²) < 4.78 is 4.82. The molecule has 1 aromatic carbocycles. The molecular formula is C16H19N3O3S. The molecule has 0 bridgehead atoms. The van der Waals surface area contributed by atoms with Gasteiger partial charge in [0.2, 0.25) is 0 Å². The summed E-state index contributed by atoms with van der Waals surface area (Å²) in [5.41, 5.74) is 1.68. The van der Waals surface area contributed by atoms with Gasteiger partial charge in [0.1, 0.15) is 0 Å². The first kappa shape index (κ1) is 17.0. The van der Waals surface area contributed by atoms with Gasteiger partial charge in [-0.25, -0.2) is 9.78 Å². The van der Waals surface area contributed by atoms with Crippen LogP contribution >= 0.6 is 11.3 Å². The number of carbonyl (C=O) groups excluding carboxylic acids is 2. The average Bonchev–Trinajstić information content (AvgIpc) is 2.86. The topological polar surface area (TPSA) is 80.3 Å². The molecule has 1 atom stereocenters. The van der Waals surface area contributed by atoms with Gasteiger partial charge < -0.3 is 10.1 Å². The Labute approximate surface area is 138 Å². The lowest BCUT2D eigenvalue weighted by molar-refractivity contribution is -0.142. The number of ether oxygens (including phenoxy) is 1. The number of benzene rings is 1. The highest BCUT2D eigenvalue weighted by Crippen LogP contribution is 2.21. The van der Waals surface area contributed by atoms with Crippen LogP contribution < -0.4 is 10.6 Å². The van der Waals surface area contributed by atoms with Gasteiger partial charge in [-0.3, -0.25) is 10.1 Å². The number of nitrogens with one attached hydrogen (secondary N) is 2. The molecule has 0 unspecified atom stereocenters. The van der Waals surface area contributed by atoms with Gasteiger partial charge in [0, 0.05) is 11.4 Å². The number of amides is 2. The van der Waals surface area contributed by atoms with Crippen LogP contribution in [0.4, 0.5) is 9.93 Å². The Morgan fingerprint density at radius 1 is 1.26 bits per heavy atom. The van der Waals surface area contributed by atoms with Crippen molar-refractivity contribution in [2.45, 2.75) is 19.8 Å². The standard InChI is InChI=1S/C16H19N3O3S/c1-10-11(2)23-16(18-10)19-15(21)17-9-13(14(20)22-3)12-7-5-4-6-8-12/h4-8,13H,9H2,1-3H3,(H2,17,18,19,21)/t13-/m0/s1. The molecule has 0 saturated heterocycles. The minimum absolute atomic E-state index is 0.145. The lowest BCUT2D eigenvalue weighted by atomic mass is 9.99. The Morgan fingerprint density at radius 3 is 2.52 bits per heavy atom. The molecule has 7 heteroatoms. The molecule has 2 rings (SSSR count). The summed E-state index contributed by atoms with van der Waals surface area (Å²) in [5, 5.41) is 5.90. The molecular weight excluding hydrogens is 314 g/mol. The van der Waals surface area contributed by atoms with E-state index in [0.29, 0.717) is 5.13 Å². The van der Waals surface area contributed by atoms with Crippen molar-refractivity contribution < 1.29 is 14.3 Å². The van der Waals surface area contributed by atoms with Gasteiger partial charge in [0.25, 0.3) is 0 Å². The lowest BCUT2D eigenvalue weighted by Gasteiger charge is -2.15. The maximum Gasteiger partial charge on any atom is 0.321 e. The van der Waals surface area contributed by atoms with Gasteiger partial charge in [-0.05, 0) is 19.4 Å². The molecule has 0 radical (unpaired) electrons. The van der Waals surface area contributed by atoms with Gasteiger partial charge in [-0.15, -0.1) is 11.3 Å². The SMILES string of the molecule is COC(=O)[C@@H](CNC(=O)Nc1nc(C)c(C)s1)c1ccccc1. The first-order chi connectivity index (χ1) is 11.0. The molecule has 1 aromatic heterocycles. The quantitative estimate of drug-likeness (QED) is 0.825. The number of hydrogen-bond donors (Lipinski definition) is 2. The van der Waals surface area contributed by atoms with Crippen LogP contribution in [-0.2, 0) is 9.53 Å². The second kappa shape index (κ2) is 7.73. The maximum atomic E-state index is 12.0. The number of thiazole rings is 1. The largest absolute Gasteiger partial charge is 0.468 e. The normalized spacial score (nSPS) is 11.6. The number of methoxy groups -OCH3 is 1. The highest BCUT2D eigenvalue weighted by molar-refractivity contribution is 7.15. The summed E-state index contributed by atoms with van der Waals surface area (Å²) in [4.78, 5) is 29.2. The van der Waals surface area contributed by atoms with E-state index in [9.17, 15) is 9.59 Å². The molecule has 2 aromatic rings. The van der Waals surface area contributed by atoms with E-state index >= 15 is 0 Å². The number of carbonyl (C=O) groups is 2. The molecule has 0 fully saturated rings. The second-order valence-electron chi connectivity index (χ2n) is 4.98. The maximum absolute atomic E-state index is 12.0. The van der Waals surface area contributed by atoms with E-state index in [1.807, 2.05) is 44.2 Å². The zero-order valence-electron chi connectivity index (χ0n) is 13.3. The van der Waals surface area contributed by atoms with Crippen LogP contribution in [0.15, 0.2) is 30.3 Å². The molecule has 1 heterocycles. The van der Waals surface area contributed by atoms with Crippen LogP contribution in [0.2, 0.25) is 0 Å². The minimum Gasteiger partial charge on any atom is -0.468 e. The van der Waals surface area contributed by atoms with Crippen molar-refractivity contribution >= 4 is 28.5 Å². The molecule has 0 aliphatic heterocycles. The predicted octanol–water partition coefficient (Wildman–Crippen LogP) is 2.84. The second-order valence-corrected chi connectivity index (χ2v) is 6.19.